The molecule has 3 N–H and O–H groups in total. The predicted octanol–water partition coefficient (Wildman–Crippen LogP) is 2.36. The Morgan fingerprint density at radius 3 is 3.00 bits per heavy atom. The van der Waals surface area contributed by atoms with Crippen LogP contribution in [0.5, 0.6) is 0 Å². The van der Waals surface area contributed by atoms with E-state index in [2.05, 4.69) is 21.2 Å². The van der Waals surface area contributed by atoms with Crippen LogP contribution >= 0.6 is 15.9 Å². The maximum Gasteiger partial charge on any atom is 0.137 e. The van der Waals surface area contributed by atoms with Crippen molar-refractivity contribution in [2.24, 2.45) is 11.7 Å². The van der Waals surface area contributed by atoms with Gasteiger partial charge in [-0.2, -0.15) is 0 Å². The fourth-order valence-corrected chi connectivity index (χ4v) is 2.42. The number of hydrogen-bond donors (Lipinski definition) is 2. The molecule has 2 unspecified atom stereocenters. The minimum atomic E-state index is -0.260. The largest absolute Gasteiger partial charge is 0.381 e. The first-order valence-corrected chi connectivity index (χ1v) is 6.49. The molecule has 2 atom stereocenters. The second-order valence-corrected chi connectivity index (χ2v) is 5.09. The van der Waals surface area contributed by atoms with Crippen LogP contribution in [0.3, 0.4) is 0 Å². The quantitative estimate of drug-likeness (QED) is 0.897. The van der Waals surface area contributed by atoms with Gasteiger partial charge in [0.1, 0.15) is 5.82 Å². The summed E-state index contributed by atoms with van der Waals surface area (Å²) in [7, 11) is 0. The zero-order valence-electron chi connectivity index (χ0n) is 9.46. The lowest BCUT2D eigenvalue weighted by molar-refractivity contribution is 0.182. The van der Waals surface area contributed by atoms with Gasteiger partial charge in [-0.1, -0.05) is 0 Å². The number of ether oxygens (including phenoxy) is 1. The summed E-state index contributed by atoms with van der Waals surface area (Å²) < 4.78 is 18.9. The van der Waals surface area contributed by atoms with Crippen molar-refractivity contribution < 1.29 is 9.13 Å². The average molecular weight is 303 g/mol. The summed E-state index contributed by atoms with van der Waals surface area (Å²) in [4.78, 5) is 0. The number of benzene rings is 1. The van der Waals surface area contributed by atoms with E-state index >= 15 is 0 Å². The summed E-state index contributed by atoms with van der Waals surface area (Å²) in [5.41, 5.74) is 6.64. The molecule has 1 aromatic rings. The van der Waals surface area contributed by atoms with Gasteiger partial charge >= 0.3 is 0 Å². The number of nitrogens with one attached hydrogen (secondary N) is 1. The highest BCUT2D eigenvalue weighted by atomic mass is 79.9. The van der Waals surface area contributed by atoms with E-state index in [1.807, 2.05) is 0 Å². The van der Waals surface area contributed by atoms with E-state index in [9.17, 15) is 4.39 Å². The van der Waals surface area contributed by atoms with Crippen LogP contribution in [0.15, 0.2) is 22.7 Å². The fourth-order valence-electron chi connectivity index (χ4n) is 2.04. The van der Waals surface area contributed by atoms with Crippen molar-refractivity contribution in [3.63, 3.8) is 0 Å². The van der Waals surface area contributed by atoms with E-state index in [1.165, 1.54) is 6.07 Å². The Morgan fingerprint density at radius 1 is 1.59 bits per heavy atom. The lowest BCUT2D eigenvalue weighted by Gasteiger charge is -2.23. The van der Waals surface area contributed by atoms with Gasteiger partial charge in [0, 0.05) is 30.8 Å². The molecule has 1 heterocycles. The second kappa shape index (κ2) is 5.80. The number of anilines is 1. The summed E-state index contributed by atoms with van der Waals surface area (Å²) >= 11 is 3.17. The van der Waals surface area contributed by atoms with Gasteiger partial charge in [-0.15, -0.1) is 0 Å². The summed E-state index contributed by atoms with van der Waals surface area (Å²) in [6.45, 7) is 2.09. The van der Waals surface area contributed by atoms with Crippen LogP contribution in [0, 0.1) is 11.7 Å². The van der Waals surface area contributed by atoms with Gasteiger partial charge in [-0.3, -0.25) is 0 Å². The van der Waals surface area contributed by atoms with Gasteiger partial charge in [0.05, 0.1) is 11.1 Å². The van der Waals surface area contributed by atoms with E-state index in [-0.39, 0.29) is 11.9 Å². The minimum Gasteiger partial charge on any atom is -0.381 e. The first-order valence-electron chi connectivity index (χ1n) is 5.70. The number of halogens is 2. The third-order valence-electron chi connectivity index (χ3n) is 3.06. The van der Waals surface area contributed by atoms with Crippen molar-refractivity contribution in [1.82, 2.24) is 0 Å². The van der Waals surface area contributed by atoms with E-state index in [1.54, 1.807) is 12.1 Å². The molecule has 5 heteroatoms. The molecule has 0 radical (unpaired) electrons. The molecule has 17 heavy (non-hydrogen) atoms. The van der Waals surface area contributed by atoms with Gasteiger partial charge in [0.15, 0.2) is 0 Å². The van der Waals surface area contributed by atoms with Crippen molar-refractivity contribution in [1.29, 1.82) is 0 Å². The molecule has 0 aliphatic carbocycles. The van der Waals surface area contributed by atoms with Crippen LogP contribution in [0.2, 0.25) is 0 Å². The molecule has 0 saturated carbocycles. The Balaban J connectivity index is 2.04. The molecule has 1 saturated heterocycles. The van der Waals surface area contributed by atoms with E-state index in [0.29, 0.717) is 16.9 Å². The summed E-state index contributed by atoms with van der Waals surface area (Å²) in [5.74, 6) is 0.174. The topological polar surface area (TPSA) is 47.3 Å². The van der Waals surface area contributed by atoms with Crippen molar-refractivity contribution in [3.05, 3.63) is 28.5 Å². The maximum absolute atomic E-state index is 13.1. The molecule has 0 bridgehead atoms. The highest BCUT2D eigenvalue weighted by Gasteiger charge is 2.24. The number of nitrogens with two attached hydrogens (primary N) is 1. The number of hydrogen-bond acceptors (Lipinski definition) is 3. The predicted molar refractivity (Wildman–Crippen MR) is 69.5 cm³/mol. The lowest BCUT2D eigenvalue weighted by Crippen LogP contribution is -2.36. The third kappa shape index (κ3) is 3.18. The Morgan fingerprint density at radius 2 is 2.41 bits per heavy atom. The molecule has 3 nitrogen and oxygen atoms in total. The smallest absolute Gasteiger partial charge is 0.137 e. The van der Waals surface area contributed by atoms with Crippen LogP contribution in [0.1, 0.15) is 6.42 Å². The zero-order valence-corrected chi connectivity index (χ0v) is 11.0. The van der Waals surface area contributed by atoms with Crippen molar-refractivity contribution >= 4 is 21.6 Å². The fraction of sp³-hybridized carbons (Fsp3) is 0.500. The molecule has 1 fully saturated rings. The Hall–Kier alpha value is -0.650. The van der Waals surface area contributed by atoms with Gasteiger partial charge in [0.25, 0.3) is 0 Å². The van der Waals surface area contributed by atoms with Crippen LogP contribution in [-0.2, 0) is 4.74 Å². The second-order valence-electron chi connectivity index (χ2n) is 4.24. The van der Waals surface area contributed by atoms with Crippen LogP contribution in [0.25, 0.3) is 0 Å². The molecule has 0 aromatic heterocycles. The Labute approximate surface area is 109 Å². The van der Waals surface area contributed by atoms with Gasteiger partial charge in [-0.25, -0.2) is 4.39 Å². The molecular weight excluding hydrogens is 287 g/mol. The minimum absolute atomic E-state index is 0.176. The van der Waals surface area contributed by atoms with E-state index in [4.69, 9.17) is 10.5 Å². The Bertz CT molecular complexity index is 383. The molecule has 1 aliphatic heterocycles. The molecular formula is C12H16BrFN2O. The molecule has 2 rings (SSSR count). The van der Waals surface area contributed by atoms with E-state index < -0.39 is 0 Å². The van der Waals surface area contributed by atoms with Crippen LogP contribution < -0.4 is 11.1 Å². The molecule has 0 spiro atoms. The third-order valence-corrected chi connectivity index (χ3v) is 3.67. The summed E-state index contributed by atoms with van der Waals surface area (Å²) in [5, 5.41) is 3.34. The number of rotatable bonds is 4. The summed E-state index contributed by atoms with van der Waals surface area (Å²) in [6.07, 6.45) is 1.03. The van der Waals surface area contributed by atoms with Crippen LogP contribution in [0.4, 0.5) is 10.1 Å². The van der Waals surface area contributed by atoms with E-state index in [0.717, 1.165) is 25.3 Å². The van der Waals surface area contributed by atoms with Crippen molar-refractivity contribution in [3.8, 4) is 0 Å². The van der Waals surface area contributed by atoms with Gasteiger partial charge in [-0.05, 0) is 40.5 Å². The normalized spacial score (nSPS) is 21.5. The van der Waals surface area contributed by atoms with Crippen molar-refractivity contribution in [2.45, 2.75) is 12.5 Å². The van der Waals surface area contributed by atoms with Gasteiger partial charge in [0.2, 0.25) is 0 Å². The summed E-state index contributed by atoms with van der Waals surface area (Å²) in [6, 6.07) is 5.06. The highest BCUT2D eigenvalue weighted by Crippen LogP contribution is 2.23. The van der Waals surface area contributed by atoms with Gasteiger partial charge < -0.3 is 15.8 Å². The first-order chi connectivity index (χ1) is 8.20. The molecule has 1 aliphatic rings. The zero-order chi connectivity index (χ0) is 12.3. The SMILES string of the molecule is NCC(Nc1ccc(F)c(Br)c1)C1CCOC1. The molecule has 0 amide bonds. The standard InChI is InChI=1S/C12H16BrFN2O/c13-10-5-9(1-2-11(10)14)16-12(6-15)8-3-4-17-7-8/h1-2,5,8,12,16H,3-4,6-7,15H2. The van der Waals surface area contributed by atoms with Crippen molar-refractivity contribution in [2.75, 3.05) is 25.1 Å². The molecule has 94 valence electrons. The molecule has 1 aromatic carbocycles. The Kier molecular flexibility index (Phi) is 4.36. The van der Waals surface area contributed by atoms with Crippen LogP contribution in [-0.4, -0.2) is 25.8 Å². The lowest BCUT2D eigenvalue weighted by atomic mass is 9.99. The highest BCUT2D eigenvalue weighted by molar-refractivity contribution is 9.10. The average Bonchev–Trinajstić information content (AvgIpc) is 2.84. The monoisotopic (exact) mass is 302 g/mol. The first kappa shape index (κ1) is 12.8. The maximum atomic E-state index is 13.1.